The van der Waals surface area contributed by atoms with Gasteiger partial charge in [0.25, 0.3) is 0 Å². The molecule has 1 nitrogen and oxygen atoms in total. The maximum absolute atomic E-state index is 8.78. The number of nitriles is 1. The van der Waals surface area contributed by atoms with Crippen LogP contribution >= 0.6 is 0 Å². The number of hydrogen-bond acceptors (Lipinski definition) is 1. The lowest BCUT2D eigenvalue weighted by Gasteiger charge is -2.31. The highest BCUT2D eigenvalue weighted by Crippen LogP contribution is 2.36. The van der Waals surface area contributed by atoms with Crippen molar-refractivity contribution < 1.29 is 0 Å². The smallest absolute Gasteiger partial charge is 0.0661 e. The highest BCUT2D eigenvalue weighted by Gasteiger charge is 2.28. The molecule has 0 aromatic rings. The Hall–Kier alpha value is -0.510. The minimum Gasteiger partial charge on any atom is -0.198 e. The van der Waals surface area contributed by atoms with Crippen molar-refractivity contribution in [2.24, 2.45) is 17.8 Å². The van der Waals surface area contributed by atoms with Gasteiger partial charge >= 0.3 is 0 Å². The van der Waals surface area contributed by atoms with E-state index in [4.69, 9.17) is 5.26 Å². The Balaban J connectivity index is 2.41. The first kappa shape index (κ1) is 7.60. The molecule has 1 aliphatic rings. The fraction of sp³-hybridized carbons (Fsp3) is 0.889. The maximum Gasteiger partial charge on any atom is 0.0661 e. The fourth-order valence-electron chi connectivity index (χ4n) is 1.60. The molecule has 0 heterocycles. The van der Waals surface area contributed by atoms with Gasteiger partial charge in [0.2, 0.25) is 0 Å². The molecule has 1 saturated carbocycles. The Bertz CT molecular complexity index is 139. The molecule has 0 spiro atoms. The van der Waals surface area contributed by atoms with Crippen LogP contribution in [0.2, 0.25) is 0 Å². The van der Waals surface area contributed by atoms with E-state index in [1.165, 1.54) is 19.3 Å². The van der Waals surface area contributed by atoms with Gasteiger partial charge in [-0.15, -0.1) is 0 Å². The van der Waals surface area contributed by atoms with Crippen molar-refractivity contribution in [3.8, 4) is 6.07 Å². The molecular formula is C9H15N. The lowest BCUT2D eigenvalue weighted by atomic mass is 9.72. The molecule has 0 aromatic carbocycles. The predicted octanol–water partition coefficient (Wildman–Crippen LogP) is 2.58. The number of hydrogen-bond donors (Lipinski definition) is 0. The molecule has 1 aliphatic carbocycles. The summed E-state index contributed by atoms with van der Waals surface area (Å²) in [4.78, 5) is 0. The van der Waals surface area contributed by atoms with E-state index >= 15 is 0 Å². The second-order valence-corrected chi connectivity index (χ2v) is 3.59. The minimum atomic E-state index is 0.328. The second kappa shape index (κ2) is 3.05. The average Bonchev–Trinajstić information content (AvgIpc) is 1.76. The molecule has 10 heavy (non-hydrogen) atoms. The van der Waals surface area contributed by atoms with E-state index in [2.05, 4.69) is 19.9 Å². The predicted molar refractivity (Wildman–Crippen MR) is 41.3 cm³/mol. The lowest BCUT2D eigenvalue weighted by Crippen LogP contribution is -2.24. The van der Waals surface area contributed by atoms with Gasteiger partial charge in [0.15, 0.2) is 0 Å². The Morgan fingerprint density at radius 2 is 2.00 bits per heavy atom. The Morgan fingerprint density at radius 3 is 2.10 bits per heavy atom. The molecule has 1 rings (SSSR count). The summed E-state index contributed by atoms with van der Waals surface area (Å²) in [5, 5.41) is 8.78. The summed E-state index contributed by atoms with van der Waals surface area (Å²) in [5.74, 6) is 1.61. The summed E-state index contributed by atoms with van der Waals surface area (Å²) in [5.41, 5.74) is 0. The highest BCUT2D eigenvalue weighted by molar-refractivity contribution is 4.93. The third-order valence-electron chi connectivity index (χ3n) is 2.53. The SMILES string of the molecule is CC(C)C(C#N)C1CCC1. The monoisotopic (exact) mass is 137 g/mol. The van der Waals surface area contributed by atoms with E-state index in [-0.39, 0.29) is 0 Å². The van der Waals surface area contributed by atoms with Gasteiger partial charge < -0.3 is 0 Å². The van der Waals surface area contributed by atoms with Gasteiger partial charge in [-0.2, -0.15) is 5.26 Å². The van der Waals surface area contributed by atoms with Crippen LogP contribution in [0.5, 0.6) is 0 Å². The number of rotatable bonds is 2. The van der Waals surface area contributed by atoms with Crippen LogP contribution in [0.1, 0.15) is 33.1 Å². The Labute approximate surface area is 63.0 Å². The topological polar surface area (TPSA) is 23.8 Å². The van der Waals surface area contributed by atoms with Crippen LogP contribution in [0.4, 0.5) is 0 Å². The molecule has 56 valence electrons. The lowest BCUT2D eigenvalue weighted by molar-refractivity contribution is 0.205. The molecule has 0 N–H and O–H groups in total. The van der Waals surface area contributed by atoms with E-state index in [0.29, 0.717) is 11.8 Å². The average molecular weight is 137 g/mol. The van der Waals surface area contributed by atoms with E-state index in [1.54, 1.807) is 0 Å². The highest BCUT2D eigenvalue weighted by atomic mass is 14.4. The quantitative estimate of drug-likeness (QED) is 0.574. The van der Waals surface area contributed by atoms with Crippen LogP contribution in [-0.4, -0.2) is 0 Å². The first-order valence-electron chi connectivity index (χ1n) is 4.15. The van der Waals surface area contributed by atoms with Crippen LogP contribution in [0.3, 0.4) is 0 Å². The second-order valence-electron chi connectivity index (χ2n) is 3.59. The number of nitrogens with zero attached hydrogens (tertiary/aromatic N) is 1. The molecule has 0 bridgehead atoms. The molecule has 0 aromatic heterocycles. The van der Waals surface area contributed by atoms with Crippen molar-refractivity contribution in [2.45, 2.75) is 33.1 Å². The summed E-state index contributed by atoms with van der Waals surface area (Å²) in [6.45, 7) is 4.29. The molecule has 0 radical (unpaired) electrons. The zero-order valence-corrected chi connectivity index (χ0v) is 6.80. The Kier molecular flexibility index (Phi) is 2.32. The van der Waals surface area contributed by atoms with Crippen molar-refractivity contribution in [1.29, 1.82) is 5.26 Å². The van der Waals surface area contributed by atoms with Crippen LogP contribution in [-0.2, 0) is 0 Å². The summed E-state index contributed by atoms with van der Waals surface area (Å²) >= 11 is 0. The molecule has 0 aliphatic heterocycles. The normalized spacial score (nSPS) is 21.8. The standard InChI is InChI=1S/C9H15N/c1-7(2)9(6-10)8-4-3-5-8/h7-9H,3-5H2,1-2H3. The van der Waals surface area contributed by atoms with Crippen molar-refractivity contribution in [1.82, 2.24) is 0 Å². The molecular weight excluding hydrogens is 122 g/mol. The van der Waals surface area contributed by atoms with E-state index in [9.17, 15) is 0 Å². The summed E-state index contributed by atoms with van der Waals surface area (Å²) in [6.07, 6.45) is 3.92. The zero-order chi connectivity index (χ0) is 7.56. The Morgan fingerprint density at radius 1 is 1.40 bits per heavy atom. The molecule has 0 amide bonds. The fourth-order valence-corrected chi connectivity index (χ4v) is 1.60. The third-order valence-corrected chi connectivity index (χ3v) is 2.53. The molecule has 1 unspecified atom stereocenters. The minimum absolute atomic E-state index is 0.328. The van der Waals surface area contributed by atoms with E-state index < -0.39 is 0 Å². The zero-order valence-electron chi connectivity index (χ0n) is 6.80. The van der Waals surface area contributed by atoms with E-state index in [1.807, 2.05) is 0 Å². The summed E-state index contributed by atoms with van der Waals surface area (Å²) in [6, 6.07) is 2.40. The van der Waals surface area contributed by atoms with Crippen LogP contribution in [0.25, 0.3) is 0 Å². The maximum atomic E-state index is 8.78. The third kappa shape index (κ3) is 1.31. The van der Waals surface area contributed by atoms with Crippen molar-refractivity contribution >= 4 is 0 Å². The first-order chi connectivity index (χ1) is 4.75. The molecule has 1 atom stereocenters. The summed E-state index contributed by atoms with van der Waals surface area (Å²) in [7, 11) is 0. The van der Waals surface area contributed by atoms with Crippen molar-refractivity contribution in [2.75, 3.05) is 0 Å². The van der Waals surface area contributed by atoms with Gasteiger partial charge in [-0.3, -0.25) is 0 Å². The van der Waals surface area contributed by atoms with Gasteiger partial charge in [-0.05, 0) is 24.7 Å². The first-order valence-corrected chi connectivity index (χ1v) is 4.15. The summed E-state index contributed by atoms with van der Waals surface area (Å²) < 4.78 is 0. The van der Waals surface area contributed by atoms with Crippen molar-refractivity contribution in [3.63, 3.8) is 0 Å². The van der Waals surface area contributed by atoms with Crippen LogP contribution in [0.15, 0.2) is 0 Å². The van der Waals surface area contributed by atoms with Crippen molar-refractivity contribution in [3.05, 3.63) is 0 Å². The van der Waals surface area contributed by atoms with Gasteiger partial charge in [0, 0.05) is 0 Å². The van der Waals surface area contributed by atoms with Gasteiger partial charge in [0.05, 0.1) is 12.0 Å². The van der Waals surface area contributed by atoms with Gasteiger partial charge in [0.1, 0.15) is 0 Å². The largest absolute Gasteiger partial charge is 0.198 e. The van der Waals surface area contributed by atoms with E-state index in [0.717, 1.165) is 5.92 Å². The van der Waals surface area contributed by atoms with Gasteiger partial charge in [-0.25, -0.2) is 0 Å². The van der Waals surface area contributed by atoms with Crippen LogP contribution < -0.4 is 0 Å². The van der Waals surface area contributed by atoms with Gasteiger partial charge in [-0.1, -0.05) is 20.3 Å². The molecule has 0 saturated heterocycles. The molecule has 1 heteroatoms. The van der Waals surface area contributed by atoms with Crippen LogP contribution in [0, 0.1) is 29.1 Å². The molecule has 1 fully saturated rings.